The van der Waals surface area contributed by atoms with Gasteiger partial charge in [0.15, 0.2) is 0 Å². The number of fused-ring (bicyclic) bond motifs is 11. The molecule has 0 bridgehead atoms. The van der Waals surface area contributed by atoms with Gasteiger partial charge in [-0.1, -0.05) is 291 Å². The maximum absolute atomic E-state index is 2.53. The Morgan fingerprint density at radius 2 is 0.489 bits per heavy atom. The van der Waals surface area contributed by atoms with Crippen LogP contribution in [-0.4, -0.2) is 0 Å². The lowest BCUT2D eigenvalue weighted by molar-refractivity contribution is 1.59. The third-order valence-corrected chi connectivity index (χ3v) is 19.5. The molecule has 0 saturated heterocycles. The first-order chi connectivity index (χ1) is 43.7. The topological polar surface area (TPSA) is 0 Å². The largest absolute Gasteiger partial charge is 0.0622 e. The summed E-state index contributed by atoms with van der Waals surface area (Å²) in [4.78, 5) is 0. The molecular weight excluding hydrogens is 1060 g/mol. The Morgan fingerprint density at radius 3 is 1.10 bits per heavy atom. The molecule has 0 aromatic heterocycles. The van der Waals surface area contributed by atoms with Crippen molar-refractivity contribution in [3.63, 3.8) is 0 Å². The van der Waals surface area contributed by atoms with Gasteiger partial charge in [-0.15, -0.1) is 0 Å². The molecule has 88 heavy (non-hydrogen) atoms. The second-order valence-electron chi connectivity index (χ2n) is 24.0. The lowest BCUT2D eigenvalue weighted by Gasteiger charge is -2.24. The average Bonchev–Trinajstić information content (AvgIpc) is 1.53. The minimum absolute atomic E-state index is 1.19. The molecule has 2 aliphatic rings. The van der Waals surface area contributed by atoms with Gasteiger partial charge in [-0.05, 0) is 222 Å². The molecule has 17 aromatic rings. The Morgan fingerprint density at radius 1 is 0.125 bits per heavy atom. The van der Waals surface area contributed by atoms with Crippen LogP contribution in [-0.2, 0) is 0 Å². The van der Waals surface area contributed by atoms with E-state index in [2.05, 4.69) is 315 Å². The lowest BCUT2D eigenvalue weighted by atomic mass is 9.79. The van der Waals surface area contributed by atoms with Crippen LogP contribution < -0.4 is 0 Å². The Balaban J connectivity index is 0.903. The summed E-state index contributed by atoms with van der Waals surface area (Å²) in [5.41, 5.74) is 27.5. The van der Waals surface area contributed by atoms with Gasteiger partial charge >= 0.3 is 0 Å². The maximum atomic E-state index is 2.53. The Kier molecular flexibility index (Phi) is 10.6. The summed E-state index contributed by atoms with van der Waals surface area (Å²) in [6.07, 6.45) is 0. The molecule has 0 heterocycles. The first-order valence-electron chi connectivity index (χ1n) is 30.7. The second-order valence-corrected chi connectivity index (χ2v) is 24.0. The van der Waals surface area contributed by atoms with E-state index in [9.17, 15) is 0 Å². The van der Waals surface area contributed by atoms with E-state index in [0.29, 0.717) is 0 Å². The highest BCUT2D eigenvalue weighted by Crippen LogP contribution is 2.62. The molecule has 0 unspecified atom stereocenters. The summed E-state index contributed by atoms with van der Waals surface area (Å²) < 4.78 is 0. The van der Waals surface area contributed by atoms with Crippen molar-refractivity contribution in [3.8, 4) is 122 Å². The van der Waals surface area contributed by atoms with Crippen LogP contribution >= 0.6 is 0 Å². The maximum Gasteiger partial charge on any atom is -0.000719 e. The molecule has 0 heteroatoms. The molecule has 0 radical (unpaired) electrons. The minimum atomic E-state index is 1.19. The molecule has 0 atom stereocenters. The van der Waals surface area contributed by atoms with Crippen molar-refractivity contribution < 1.29 is 0 Å². The normalized spacial score (nSPS) is 12.1. The third-order valence-electron chi connectivity index (χ3n) is 19.5. The van der Waals surface area contributed by atoms with E-state index < -0.39 is 0 Å². The molecule has 0 amide bonds. The van der Waals surface area contributed by atoms with Crippen LogP contribution in [0.2, 0.25) is 0 Å². The van der Waals surface area contributed by atoms with Crippen LogP contribution in [0.5, 0.6) is 0 Å². The number of hydrogen-bond acceptors (Lipinski definition) is 0. The summed E-state index contributed by atoms with van der Waals surface area (Å²) in [6, 6.07) is 119. The van der Waals surface area contributed by atoms with Crippen LogP contribution in [0.25, 0.3) is 198 Å². The monoisotopic (exact) mass is 1110 g/mol. The fourth-order valence-corrected chi connectivity index (χ4v) is 15.7. The molecular formula is C88H52. The van der Waals surface area contributed by atoms with Crippen LogP contribution in [0.1, 0.15) is 0 Å². The van der Waals surface area contributed by atoms with Crippen molar-refractivity contribution in [1.29, 1.82) is 0 Å². The van der Waals surface area contributed by atoms with E-state index in [1.54, 1.807) is 0 Å². The van der Waals surface area contributed by atoms with Gasteiger partial charge in [0, 0.05) is 0 Å². The Hall–Kier alpha value is -11.4. The number of rotatable bonds is 7. The van der Waals surface area contributed by atoms with Gasteiger partial charge < -0.3 is 0 Å². The van der Waals surface area contributed by atoms with Gasteiger partial charge in [-0.2, -0.15) is 0 Å². The van der Waals surface area contributed by atoms with Gasteiger partial charge in [-0.3, -0.25) is 0 Å². The summed E-state index contributed by atoms with van der Waals surface area (Å²) in [5.74, 6) is 0. The van der Waals surface area contributed by atoms with Crippen LogP contribution in [0.4, 0.5) is 0 Å². The number of hydrogen-bond donors (Lipinski definition) is 0. The van der Waals surface area contributed by atoms with Crippen molar-refractivity contribution in [2.24, 2.45) is 0 Å². The molecule has 17 aromatic carbocycles. The zero-order valence-corrected chi connectivity index (χ0v) is 48.0. The van der Waals surface area contributed by atoms with Gasteiger partial charge in [0.05, 0.1) is 0 Å². The molecule has 0 nitrogen and oxygen atoms in total. The smallest absolute Gasteiger partial charge is 0.000719 e. The summed E-state index contributed by atoms with van der Waals surface area (Å²) in [6.45, 7) is 0. The summed E-state index contributed by atoms with van der Waals surface area (Å²) in [7, 11) is 0. The zero-order chi connectivity index (χ0) is 57.6. The van der Waals surface area contributed by atoms with Crippen molar-refractivity contribution in [2.75, 3.05) is 0 Å². The summed E-state index contributed by atoms with van der Waals surface area (Å²) >= 11 is 0. The highest BCUT2D eigenvalue weighted by atomic mass is 14.4. The van der Waals surface area contributed by atoms with Crippen molar-refractivity contribution in [2.45, 2.75) is 0 Å². The number of benzene rings is 17. The molecule has 0 saturated carbocycles. The van der Waals surface area contributed by atoms with E-state index in [4.69, 9.17) is 0 Å². The molecule has 2 aliphatic carbocycles. The molecule has 0 aliphatic heterocycles. The second kappa shape index (κ2) is 19.0. The van der Waals surface area contributed by atoms with Crippen LogP contribution in [0.15, 0.2) is 315 Å². The first-order valence-corrected chi connectivity index (χ1v) is 30.7. The van der Waals surface area contributed by atoms with Crippen molar-refractivity contribution in [1.82, 2.24) is 0 Å². The van der Waals surface area contributed by atoms with Crippen LogP contribution in [0.3, 0.4) is 0 Å². The van der Waals surface area contributed by atoms with E-state index in [-0.39, 0.29) is 0 Å². The van der Waals surface area contributed by atoms with Gasteiger partial charge in [-0.25, -0.2) is 0 Å². The highest BCUT2D eigenvalue weighted by molar-refractivity contribution is 6.32. The molecule has 0 spiro atoms. The standard InChI is InChI=1S/C88H52/c1-3-21-57(22-4-1)77-51-79-80(52-78(77)58-23-5-2-6-24-58)86(69-34-16-30-56-26-12-14-32-64(56)69)88-74-38-18-36-71-68(45-48-76(83(71)74)87(88)81(79)62-42-40-54-20-8-10-28-60(54)50-62)67-44-47-75-82-70(67)35-17-37-73(82)85-72(66-33-15-29-55-25-11-13-31-63(55)66)46-43-65(84(75)85)61-41-39-53-19-7-9-27-59(53)49-61/h1-52H. The van der Waals surface area contributed by atoms with Crippen LogP contribution in [0, 0.1) is 0 Å². The Bertz CT molecular complexity index is 5830. The van der Waals surface area contributed by atoms with E-state index in [1.165, 1.54) is 198 Å². The highest BCUT2D eigenvalue weighted by Gasteiger charge is 2.34. The fourth-order valence-electron chi connectivity index (χ4n) is 15.7. The van der Waals surface area contributed by atoms with Gasteiger partial charge in [0.2, 0.25) is 0 Å². The zero-order valence-electron chi connectivity index (χ0n) is 48.0. The SMILES string of the molecule is c1ccc(-c2cc3c(-c4ccc5ccccc5c4)c4c(c(-c5cccc6ccccc56)c3cc2-c2ccccc2)-c2cccc3c(-c5ccc6c7c(cccc57)-c5c(-c7cccc8ccccc78)ccc(-c7ccc8ccccc8c7)c5-6)ccc-4c23)cc1. The van der Waals surface area contributed by atoms with Gasteiger partial charge in [0.25, 0.3) is 0 Å². The van der Waals surface area contributed by atoms with E-state index >= 15 is 0 Å². The first kappa shape index (κ1) is 48.9. The molecule has 0 fully saturated rings. The van der Waals surface area contributed by atoms with E-state index in [1.807, 2.05) is 0 Å². The average molecular weight is 1110 g/mol. The van der Waals surface area contributed by atoms with Gasteiger partial charge in [0.1, 0.15) is 0 Å². The molecule has 19 rings (SSSR count). The fraction of sp³-hybridized carbons (Fsp3) is 0. The Labute approximate surface area is 510 Å². The summed E-state index contributed by atoms with van der Waals surface area (Å²) in [5, 5.41) is 17.5. The predicted molar refractivity (Wildman–Crippen MR) is 376 cm³/mol. The third kappa shape index (κ3) is 7.15. The molecule has 0 N–H and O–H groups in total. The van der Waals surface area contributed by atoms with E-state index in [0.717, 1.165) is 0 Å². The quantitative estimate of drug-likeness (QED) is 0.149. The van der Waals surface area contributed by atoms with Crippen molar-refractivity contribution >= 4 is 75.4 Å². The lowest BCUT2D eigenvalue weighted by Crippen LogP contribution is -1.96. The molecule has 404 valence electrons. The minimum Gasteiger partial charge on any atom is -0.0622 e. The van der Waals surface area contributed by atoms with Crippen molar-refractivity contribution in [3.05, 3.63) is 315 Å². The predicted octanol–water partition coefficient (Wildman–Crippen LogP) is 24.7.